The van der Waals surface area contributed by atoms with Crippen molar-refractivity contribution >= 4 is 17.3 Å². The number of carbonyl (C=O) groups is 1. The van der Waals surface area contributed by atoms with Crippen molar-refractivity contribution in [2.75, 3.05) is 0 Å². The van der Waals surface area contributed by atoms with E-state index < -0.39 is 5.97 Å². The molecule has 0 saturated heterocycles. The molecule has 6 heteroatoms. The van der Waals surface area contributed by atoms with Crippen LogP contribution in [0.4, 0.5) is 0 Å². The van der Waals surface area contributed by atoms with Crippen LogP contribution >= 0.6 is 11.3 Å². The fourth-order valence-electron chi connectivity index (χ4n) is 1.88. The Morgan fingerprint density at radius 3 is 2.70 bits per heavy atom. The van der Waals surface area contributed by atoms with Gasteiger partial charge in [-0.25, -0.2) is 4.79 Å². The minimum Gasteiger partial charge on any atom is -0.486 e. The van der Waals surface area contributed by atoms with Crippen molar-refractivity contribution < 1.29 is 14.6 Å². The highest BCUT2D eigenvalue weighted by Crippen LogP contribution is 2.34. The van der Waals surface area contributed by atoms with E-state index in [9.17, 15) is 9.90 Å². The molecule has 0 aromatic carbocycles. The fraction of sp³-hybridized carbons (Fsp3) is 0.429. The number of ether oxygens (including phenoxy) is 1. The van der Waals surface area contributed by atoms with E-state index >= 15 is 0 Å². The molecule has 1 N–H and O–H groups in total. The van der Waals surface area contributed by atoms with Crippen molar-refractivity contribution in [3.63, 3.8) is 0 Å². The predicted molar refractivity (Wildman–Crippen MR) is 77.6 cm³/mol. The Morgan fingerprint density at radius 2 is 2.20 bits per heavy atom. The summed E-state index contributed by atoms with van der Waals surface area (Å²) >= 11 is 1.27. The van der Waals surface area contributed by atoms with E-state index in [4.69, 9.17) is 4.74 Å². The average molecular weight is 294 g/mol. The summed E-state index contributed by atoms with van der Waals surface area (Å²) in [6, 6.07) is 3.75. The van der Waals surface area contributed by atoms with Gasteiger partial charge in [0.05, 0.1) is 11.4 Å². The van der Waals surface area contributed by atoms with Crippen molar-refractivity contribution in [2.45, 2.75) is 33.3 Å². The quantitative estimate of drug-likeness (QED) is 0.919. The first-order chi connectivity index (χ1) is 9.38. The number of carboxylic acid groups (broad SMARTS) is 1. The van der Waals surface area contributed by atoms with Gasteiger partial charge < -0.3 is 9.84 Å². The van der Waals surface area contributed by atoms with Gasteiger partial charge in [-0.15, -0.1) is 11.3 Å². The van der Waals surface area contributed by atoms with Crippen LogP contribution in [0.5, 0.6) is 5.75 Å². The third-order valence-corrected chi connectivity index (χ3v) is 4.36. The maximum absolute atomic E-state index is 11.3. The summed E-state index contributed by atoms with van der Waals surface area (Å²) in [6.45, 7) is 6.29. The molecule has 0 bridgehead atoms. The molecule has 0 aliphatic heterocycles. The third kappa shape index (κ3) is 3.01. The minimum atomic E-state index is -0.946. The van der Waals surface area contributed by atoms with Gasteiger partial charge in [0.2, 0.25) is 0 Å². The second kappa shape index (κ2) is 5.66. The Kier molecular flexibility index (Phi) is 4.13. The van der Waals surface area contributed by atoms with Crippen LogP contribution in [0, 0.1) is 6.92 Å². The van der Waals surface area contributed by atoms with Gasteiger partial charge in [0.1, 0.15) is 12.4 Å². The van der Waals surface area contributed by atoms with Crippen LogP contribution in [0.2, 0.25) is 0 Å². The highest BCUT2D eigenvalue weighted by molar-refractivity contribution is 7.14. The van der Waals surface area contributed by atoms with Gasteiger partial charge in [0.15, 0.2) is 4.88 Å². The molecule has 0 unspecified atom stereocenters. The normalized spacial score (nSPS) is 11.1. The predicted octanol–water partition coefficient (Wildman–Crippen LogP) is 3.19. The Bertz CT molecular complexity index is 628. The van der Waals surface area contributed by atoms with E-state index in [0.717, 1.165) is 16.3 Å². The van der Waals surface area contributed by atoms with Crippen LogP contribution in [-0.4, -0.2) is 20.9 Å². The molecule has 0 fully saturated rings. The third-order valence-electron chi connectivity index (χ3n) is 2.95. The van der Waals surface area contributed by atoms with Crippen molar-refractivity contribution in [1.29, 1.82) is 0 Å². The molecule has 108 valence electrons. The van der Waals surface area contributed by atoms with Crippen LogP contribution in [0.15, 0.2) is 12.1 Å². The van der Waals surface area contributed by atoms with Gasteiger partial charge in [-0.05, 0) is 25.0 Å². The Labute approximate surface area is 121 Å². The number of aromatic nitrogens is 2. The zero-order valence-corrected chi connectivity index (χ0v) is 12.8. The van der Waals surface area contributed by atoms with Crippen molar-refractivity contribution in [3.8, 4) is 5.75 Å². The highest BCUT2D eigenvalue weighted by atomic mass is 32.1. The molecule has 0 amide bonds. The lowest BCUT2D eigenvalue weighted by atomic mass is 10.2. The smallest absolute Gasteiger partial charge is 0.349 e. The molecule has 20 heavy (non-hydrogen) atoms. The van der Waals surface area contributed by atoms with E-state index in [2.05, 4.69) is 5.10 Å². The lowest BCUT2D eigenvalue weighted by Gasteiger charge is -2.05. The molecular weight excluding hydrogens is 276 g/mol. The molecular formula is C14H18N2O3S. The summed E-state index contributed by atoms with van der Waals surface area (Å²) in [6.07, 6.45) is 0. The number of aryl methyl sites for hydroxylation is 2. The van der Waals surface area contributed by atoms with Crippen LogP contribution in [-0.2, 0) is 13.7 Å². The first kappa shape index (κ1) is 14.6. The number of aromatic carboxylic acids is 1. The molecule has 2 rings (SSSR count). The molecule has 5 nitrogen and oxygen atoms in total. The number of thiophene rings is 1. The first-order valence-electron chi connectivity index (χ1n) is 6.37. The fourth-order valence-corrected chi connectivity index (χ4v) is 2.83. The summed E-state index contributed by atoms with van der Waals surface area (Å²) in [5.41, 5.74) is 1.83. The van der Waals surface area contributed by atoms with Gasteiger partial charge in [-0.2, -0.15) is 5.10 Å². The van der Waals surface area contributed by atoms with Crippen molar-refractivity contribution in [1.82, 2.24) is 9.78 Å². The highest BCUT2D eigenvalue weighted by Gasteiger charge is 2.18. The van der Waals surface area contributed by atoms with Crippen LogP contribution in [0.1, 0.15) is 45.7 Å². The summed E-state index contributed by atoms with van der Waals surface area (Å²) in [5, 5.41) is 13.5. The summed E-state index contributed by atoms with van der Waals surface area (Å²) < 4.78 is 7.42. The topological polar surface area (TPSA) is 64.3 Å². The molecule has 0 atom stereocenters. The molecule has 0 radical (unpaired) electrons. The summed E-state index contributed by atoms with van der Waals surface area (Å²) in [7, 11) is 1.84. The zero-order chi connectivity index (χ0) is 14.9. The van der Waals surface area contributed by atoms with Gasteiger partial charge in [-0.1, -0.05) is 13.8 Å². The standard InChI is InChI=1S/C14H18N2O3S/c1-8(2)12-6-11(13(20-12)14(17)18)19-7-10-5-9(3)15-16(10)4/h5-6,8H,7H2,1-4H3,(H,17,18). The lowest BCUT2D eigenvalue weighted by molar-refractivity contribution is 0.0697. The maximum atomic E-state index is 11.3. The number of hydrogen-bond donors (Lipinski definition) is 1. The number of rotatable bonds is 5. The van der Waals surface area contributed by atoms with E-state index in [1.807, 2.05) is 40.0 Å². The number of hydrogen-bond acceptors (Lipinski definition) is 4. The molecule has 2 aromatic rings. The van der Waals surface area contributed by atoms with Gasteiger partial charge in [0, 0.05) is 11.9 Å². The Hall–Kier alpha value is -1.82. The molecule has 0 aliphatic carbocycles. The van der Waals surface area contributed by atoms with Gasteiger partial charge >= 0.3 is 5.97 Å². The first-order valence-corrected chi connectivity index (χ1v) is 7.19. The van der Waals surface area contributed by atoms with Crippen molar-refractivity contribution in [3.05, 3.63) is 33.3 Å². The largest absolute Gasteiger partial charge is 0.486 e. The minimum absolute atomic E-state index is 0.257. The molecule has 2 aromatic heterocycles. The second-order valence-electron chi connectivity index (χ2n) is 4.99. The van der Waals surface area contributed by atoms with Crippen molar-refractivity contribution in [2.24, 2.45) is 7.05 Å². The number of nitrogens with zero attached hydrogens (tertiary/aromatic N) is 2. The molecule has 0 saturated carbocycles. The zero-order valence-electron chi connectivity index (χ0n) is 12.0. The van der Waals surface area contributed by atoms with Crippen LogP contribution < -0.4 is 4.74 Å². The Morgan fingerprint density at radius 1 is 1.50 bits per heavy atom. The van der Waals surface area contributed by atoms with E-state index in [1.54, 1.807) is 4.68 Å². The van der Waals surface area contributed by atoms with Crippen LogP contribution in [0.3, 0.4) is 0 Å². The lowest BCUT2D eigenvalue weighted by Crippen LogP contribution is -2.04. The maximum Gasteiger partial charge on any atom is 0.349 e. The molecule has 0 spiro atoms. The van der Waals surface area contributed by atoms with Gasteiger partial charge in [0.25, 0.3) is 0 Å². The molecule has 0 aliphatic rings. The Balaban J connectivity index is 2.20. The second-order valence-corrected chi connectivity index (χ2v) is 6.08. The SMILES string of the molecule is Cc1cc(COc2cc(C(C)C)sc2C(=O)O)n(C)n1. The number of carboxylic acids is 1. The van der Waals surface area contributed by atoms with Crippen LogP contribution in [0.25, 0.3) is 0 Å². The monoisotopic (exact) mass is 294 g/mol. The van der Waals surface area contributed by atoms with E-state index in [-0.39, 0.29) is 10.8 Å². The average Bonchev–Trinajstić information content (AvgIpc) is 2.90. The van der Waals surface area contributed by atoms with E-state index in [0.29, 0.717) is 12.4 Å². The van der Waals surface area contributed by atoms with E-state index in [1.165, 1.54) is 11.3 Å². The summed E-state index contributed by atoms with van der Waals surface area (Å²) in [5.74, 6) is -0.225. The summed E-state index contributed by atoms with van der Waals surface area (Å²) in [4.78, 5) is 12.5. The molecule has 2 heterocycles. The van der Waals surface area contributed by atoms with Gasteiger partial charge in [-0.3, -0.25) is 4.68 Å².